The van der Waals surface area contributed by atoms with Gasteiger partial charge in [0.2, 0.25) is 15.0 Å². The number of nitrogens with zero attached hydrogens (tertiary/aromatic N) is 3. The minimum Gasteiger partial charge on any atom is -0.310 e. The quantitative estimate of drug-likeness (QED) is 0.727. The molecule has 0 atom stereocenters. The Morgan fingerprint density at radius 1 is 1.24 bits per heavy atom. The van der Waals surface area contributed by atoms with Crippen LogP contribution in [0.15, 0.2) is 46.5 Å². The smallest absolute Gasteiger partial charge is 0.262 e. The first-order chi connectivity index (χ1) is 11.8. The van der Waals surface area contributed by atoms with E-state index in [2.05, 4.69) is 15.2 Å². The summed E-state index contributed by atoms with van der Waals surface area (Å²) in [4.78, 5) is 16.5. The van der Waals surface area contributed by atoms with Crippen LogP contribution in [0.5, 0.6) is 0 Å². The predicted molar refractivity (Wildman–Crippen MR) is 94.8 cm³/mol. The minimum absolute atomic E-state index is 0.0157. The van der Waals surface area contributed by atoms with Crippen molar-refractivity contribution in [3.8, 4) is 11.4 Å². The van der Waals surface area contributed by atoms with Crippen molar-refractivity contribution in [2.24, 2.45) is 0 Å². The number of aromatic nitrogens is 4. The molecule has 2 aromatic heterocycles. The lowest BCUT2D eigenvalue weighted by Gasteiger charge is -2.09. The molecule has 3 aromatic rings. The van der Waals surface area contributed by atoms with Crippen molar-refractivity contribution in [1.82, 2.24) is 19.7 Å². The fraction of sp³-hybridized carbons (Fsp3) is 0.133. The molecule has 1 aromatic carbocycles. The van der Waals surface area contributed by atoms with Crippen LogP contribution in [0.4, 0.5) is 0 Å². The van der Waals surface area contributed by atoms with E-state index in [9.17, 15) is 13.2 Å². The van der Waals surface area contributed by atoms with Gasteiger partial charge in [0, 0.05) is 22.5 Å². The maximum absolute atomic E-state index is 12.7. The van der Waals surface area contributed by atoms with E-state index < -0.39 is 9.84 Å². The molecule has 0 aliphatic heterocycles. The summed E-state index contributed by atoms with van der Waals surface area (Å²) in [5, 5.41) is 6.80. The Balaban J connectivity index is 2.00. The van der Waals surface area contributed by atoms with Crippen LogP contribution in [0.25, 0.3) is 11.4 Å². The third-order valence-corrected chi connectivity index (χ3v) is 4.90. The summed E-state index contributed by atoms with van der Waals surface area (Å²) in [6.45, 7) is 0.228. The number of aromatic amines is 1. The lowest BCUT2D eigenvalue weighted by Crippen LogP contribution is -2.22. The fourth-order valence-corrected chi connectivity index (χ4v) is 3.13. The van der Waals surface area contributed by atoms with Gasteiger partial charge >= 0.3 is 0 Å². The maximum Gasteiger partial charge on any atom is 0.262 e. The van der Waals surface area contributed by atoms with Crippen molar-refractivity contribution < 1.29 is 8.42 Å². The molecule has 7 nitrogen and oxygen atoms in total. The first-order valence-corrected chi connectivity index (χ1v) is 9.66. The minimum atomic E-state index is -3.54. The molecule has 0 radical (unpaired) electrons. The highest BCUT2D eigenvalue weighted by Crippen LogP contribution is 2.21. The van der Waals surface area contributed by atoms with E-state index in [0.29, 0.717) is 10.0 Å². The first-order valence-electron chi connectivity index (χ1n) is 7.02. The Labute approximate surface area is 153 Å². The second-order valence-corrected chi connectivity index (χ2v) is 8.10. The molecule has 25 heavy (non-hydrogen) atoms. The van der Waals surface area contributed by atoms with Crippen LogP contribution in [0, 0.1) is 0 Å². The van der Waals surface area contributed by atoms with Crippen LogP contribution >= 0.6 is 23.2 Å². The van der Waals surface area contributed by atoms with E-state index in [4.69, 9.17) is 23.2 Å². The summed E-state index contributed by atoms with van der Waals surface area (Å²) in [6, 6.07) is 8.19. The van der Waals surface area contributed by atoms with E-state index in [1.54, 1.807) is 30.5 Å². The predicted octanol–water partition coefficient (Wildman–Crippen LogP) is 2.39. The van der Waals surface area contributed by atoms with Crippen LogP contribution in [-0.2, 0) is 16.4 Å². The van der Waals surface area contributed by atoms with Gasteiger partial charge in [-0.25, -0.2) is 13.5 Å². The summed E-state index contributed by atoms with van der Waals surface area (Å²) < 4.78 is 24.4. The Morgan fingerprint density at radius 2 is 2.00 bits per heavy atom. The average Bonchev–Trinajstić information content (AvgIpc) is 3.02. The summed E-state index contributed by atoms with van der Waals surface area (Å²) in [5.74, 6) is 0.0157. The molecule has 10 heteroatoms. The second kappa shape index (κ2) is 6.62. The Kier molecular flexibility index (Phi) is 4.68. The molecule has 0 aliphatic carbocycles. The third kappa shape index (κ3) is 3.76. The van der Waals surface area contributed by atoms with Crippen LogP contribution in [0.3, 0.4) is 0 Å². The van der Waals surface area contributed by atoms with Gasteiger partial charge in [-0.3, -0.25) is 4.79 Å². The zero-order valence-electron chi connectivity index (χ0n) is 12.9. The van der Waals surface area contributed by atoms with Gasteiger partial charge in [-0.05, 0) is 29.8 Å². The second-order valence-electron chi connectivity index (χ2n) is 5.33. The SMILES string of the molecule is CS(=O)(=O)c1nc(-c2cccn(Cc3ccc(Cl)cc3Cl)c2=O)n[nH]1. The topological polar surface area (TPSA) is 97.7 Å². The lowest BCUT2D eigenvalue weighted by molar-refractivity contribution is 0.594. The monoisotopic (exact) mass is 398 g/mol. The molecule has 0 aliphatic rings. The Hall–Kier alpha value is -2.16. The summed E-state index contributed by atoms with van der Waals surface area (Å²) in [7, 11) is -3.54. The normalized spacial score (nSPS) is 11.6. The maximum atomic E-state index is 12.7. The number of hydrogen-bond donors (Lipinski definition) is 1. The average molecular weight is 399 g/mol. The van der Waals surface area contributed by atoms with E-state index in [-0.39, 0.29) is 28.6 Å². The van der Waals surface area contributed by atoms with Crippen LogP contribution in [-0.4, -0.2) is 34.4 Å². The molecular formula is C15H12Cl2N4O3S. The van der Waals surface area contributed by atoms with Crippen LogP contribution in [0.1, 0.15) is 5.56 Å². The largest absolute Gasteiger partial charge is 0.310 e. The summed E-state index contributed by atoms with van der Waals surface area (Å²) in [5.41, 5.74) is 0.531. The Bertz CT molecular complexity index is 1110. The molecule has 0 spiro atoms. The van der Waals surface area contributed by atoms with Gasteiger partial charge in [-0.2, -0.15) is 10.1 Å². The van der Waals surface area contributed by atoms with Crippen molar-refractivity contribution in [2.45, 2.75) is 11.7 Å². The number of halogens is 2. The highest BCUT2D eigenvalue weighted by Gasteiger charge is 2.17. The number of H-pyrrole nitrogens is 1. The van der Waals surface area contributed by atoms with Crippen molar-refractivity contribution in [3.05, 3.63) is 62.5 Å². The third-order valence-electron chi connectivity index (χ3n) is 3.43. The molecule has 0 fully saturated rings. The van der Waals surface area contributed by atoms with E-state index in [1.807, 2.05) is 0 Å². The highest BCUT2D eigenvalue weighted by atomic mass is 35.5. The number of pyridine rings is 1. The first kappa shape index (κ1) is 17.7. The number of nitrogens with one attached hydrogen (secondary N) is 1. The van der Waals surface area contributed by atoms with Crippen molar-refractivity contribution in [1.29, 1.82) is 0 Å². The molecule has 0 saturated carbocycles. The van der Waals surface area contributed by atoms with Crippen molar-refractivity contribution >= 4 is 33.0 Å². The number of benzene rings is 1. The zero-order chi connectivity index (χ0) is 18.2. The number of sulfone groups is 1. The van der Waals surface area contributed by atoms with Gasteiger partial charge in [0.25, 0.3) is 5.56 Å². The van der Waals surface area contributed by atoms with Gasteiger partial charge < -0.3 is 4.57 Å². The molecule has 130 valence electrons. The number of hydrogen-bond acceptors (Lipinski definition) is 5. The van der Waals surface area contributed by atoms with E-state index >= 15 is 0 Å². The van der Waals surface area contributed by atoms with Crippen LogP contribution in [0.2, 0.25) is 10.0 Å². The molecule has 0 unspecified atom stereocenters. The zero-order valence-corrected chi connectivity index (χ0v) is 15.2. The van der Waals surface area contributed by atoms with Gasteiger partial charge in [0.1, 0.15) is 0 Å². The van der Waals surface area contributed by atoms with Gasteiger partial charge in [0.05, 0.1) is 12.1 Å². The van der Waals surface area contributed by atoms with E-state index in [1.165, 1.54) is 10.6 Å². The molecular weight excluding hydrogens is 387 g/mol. The number of rotatable bonds is 4. The van der Waals surface area contributed by atoms with Crippen LogP contribution < -0.4 is 5.56 Å². The Morgan fingerprint density at radius 3 is 2.64 bits per heavy atom. The van der Waals surface area contributed by atoms with E-state index in [0.717, 1.165) is 11.8 Å². The standard InChI is InChI=1S/C15H12Cl2N4O3S/c1-25(23,24)15-18-13(19-20-15)11-3-2-6-21(14(11)22)8-9-4-5-10(16)7-12(9)17/h2-7H,8H2,1H3,(H,18,19,20). The molecule has 1 N–H and O–H groups in total. The summed E-state index contributed by atoms with van der Waals surface area (Å²) >= 11 is 12.0. The van der Waals surface area contributed by atoms with Crippen molar-refractivity contribution in [2.75, 3.05) is 6.26 Å². The fourth-order valence-electron chi connectivity index (χ4n) is 2.20. The molecule has 3 rings (SSSR count). The highest BCUT2D eigenvalue weighted by molar-refractivity contribution is 7.90. The summed E-state index contributed by atoms with van der Waals surface area (Å²) in [6.07, 6.45) is 2.60. The molecule has 0 amide bonds. The molecule has 0 saturated heterocycles. The molecule has 2 heterocycles. The lowest BCUT2D eigenvalue weighted by atomic mass is 10.2. The van der Waals surface area contributed by atoms with Gasteiger partial charge in [-0.15, -0.1) is 0 Å². The molecule has 0 bridgehead atoms. The van der Waals surface area contributed by atoms with Crippen molar-refractivity contribution in [3.63, 3.8) is 0 Å². The van der Waals surface area contributed by atoms with Gasteiger partial charge in [-0.1, -0.05) is 29.3 Å². The van der Waals surface area contributed by atoms with Gasteiger partial charge in [0.15, 0.2) is 5.82 Å².